The Morgan fingerprint density at radius 2 is 1.74 bits per heavy atom. The highest BCUT2D eigenvalue weighted by atomic mass is 16.4. The summed E-state index contributed by atoms with van der Waals surface area (Å²) in [5.74, 6) is -0.988. The molecule has 0 bridgehead atoms. The summed E-state index contributed by atoms with van der Waals surface area (Å²) < 4.78 is 0. The molecule has 1 amide bonds. The fraction of sp³-hybridized carbons (Fsp3) is 0.579. The zero-order chi connectivity index (χ0) is 16.0. The van der Waals surface area contributed by atoms with E-state index >= 15 is 0 Å². The summed E-state index contributed by atoms with van der Waals surface area (Å²) in [5.41, 5.74) is 1.32. The third kappa shape index (κ3) is 2.44. The highest BCUT2D eigenvalue weighted by molar-refractivity contribution is 6.00. The molecule has 23 heavy (non-hydrogen) atoms. The summed E-state index contributed by atoms with van der Waals surface area (Å²) in [6.07, 6.45) is 7.67. The first-order chi connectivity index (χ1) is 11.2. The Bertz CT molecular complexity index is 631. The van der Waals surface area contributed by atoms with Gasteiger partial charge in [-0.15, -0.1) is 0 Å². The molecule has 122 valence electrons. The Morgan fingerprint density at radius 1 is 1.04 bits per heavy atom. The number of aliphatic carboxylic acids is 1. The van der Waals surface area contributed by atoms with Gasteiger partial charge in [-0.25, -0.2) is 0 Å². The van der Waals surface area contributed by atoms with Gasteiger partial charge in [0.15, 0.2) is 0 Å². The van der Waals surface area contributed by atoms with Crippen molar-refractivity contribution in [1.29, 1.82) is 0 Å². The van der Waals surface area contributed by atoms with Crippen LogP contribution in [-0.2, 0) is 4.79 Å². The Balaban J connectivity index is 1.82. The first-order valence-electron chi connectivity index (χ1n) is 8.83. The van der Waals surface area contributed by atoms with Crippen LogP contribution in [0.25, 0.3) is 0 Å². The van der Waals surface area contributed by atoms with Crippen molar-refractivity contribution >= 4 is 11.9 Å². The molecule has 1 aromatic rings. The number of amides is 1. The molecule has 4 nitrogen and oxygen atoms in total. The van der Waals surface area contributed by atoms with Crippen LogP contribution >= 0.6 is 0 Å². The number of hydrogen-bond acceptors (Lipinski definition) is 2. The Labute approximate surface area is 136 Å². The monoisotopic (exact) mass is 313 g/mol. The minimum Gasteiger partial charge on any atom is -0.481 e. The molecular formula is C19H23NO3. The number of nitrogens with zero attached hydrogens (tertiary/aromatic N) is 1. The molecular weight excluding hydrogens is 290 g/mol. The molecule has 2 aliphatic carbocycles. The van der Waals surface area contributed by atoms with Crippen molar-refractivity contribution in [3.05, 3.63) is 35.4 Å². The first-order valence-corrected chi connectivity index (χ1v) is 8.83. The summed E-state index contributed by atoms with van der Waals surface area (Å²) in [5, 5.41) is 9.95. The molecule has 0 spiro atoms. The van der Waals surface area contributed by atoms with Crippen LogP contribution in [0.15, 0.2) is 24.3 Å². The van der Waals surface area contributed by atoms with Gasteiger partial charge < -0.3 is 10.0 Å². The van der Waals surface area contributed by atoms with E-state index in [1.54, 1.807) is 6.07 Å². The predicted molar refractivity (Wildman–Crippen MR) is 86.4 cm³/mol. The molecule has 1 aliphatic heterocycles. The fourth-order valence-corrected chi connectivity index (χ4v) is 4.60. The van der Waals surface area contributed by atoms with Crippen LogP contribution in [0, 0.1) is 5.92 Å². The largest absolute Gasteiger partial charge is 0.481 e. The van der Waals surface area contributed by atoms with Gasteiger partial charge in [-0.2, -0.15) is 0 Å². The minimum atomic E-state index is -0.786. The van der Waals surface area contributed by atoms with Gasteiger partial charge in [-0.05, 0) is 43.2 Å². The Morgan fingerprint density at radius 3 is 2.39 bits per heavy atom. The zero-order valence-electron chi connectivity index (χ0n) is 13.3. The Hall–Kier alpha value is -1.84. The predicted octanol–water partition coefficient (Wildman–Crippen LogP) is 3.42. The van der Waals surface area contributed by atoms with E-state index in [4.69, 9.17) is 0 Å². The van der Waals surface area contributed by atoms with E-state index in [-0.39, 0.29) is 18.0 Å². The maximum atomic E-state index is 13.1. The molecule has 2 atom stereocenters. The number of carboxylic acids is 1. The van der Waals surface area contributed by atoms with E-state index in [9.17, 15) is 14.7 Å². The van der Waals surface area contributed by atoms with Crippen LogP contribution in [0.4, 0.5) is 0 Å². The van der Waals surface area contributed by atoms with Crippen molar-refractivity contribution in [1.82, 2.24) is 4.90 Å². The molecule has 3 aliphatic rings. The third-order valence-electron chi connectivity index (χ3n) is 5.76. The second-order valence-electron chi connectivity index (χ2n) is 7.24. The number of carbonyl (C=O) groups is 2. The quantitative estimate of drug-likeness (QED) is 0.930. The van der Waals surface area contributed by atoms with Crippen molar-refractivity contribution in [3.63, 3.8) is 0 Å². The maximum absolute atomic E-state index is 13.1. The molecule has 0 saturated heterocycles. The molecule has 4 rings (SSSR count). The van der Waals surface area contributed by atoms with E-state index in [1.807, 2.05) is 23.1 Å². The highest BCUT2D eigenvalue weighted by Gasteiger charge is 2.51. The van der Waals surface area contributed by atoms with Gasteiger partial charge in [0.05, 0.1) is 6.04 Å². The molecule has 2 saturated carbocycles. The average Bonchev–Trinajstić information content (AvgIpc) is 3.40. The zero-order valence-corrected chi connectivity index (χ0v) is 13.3. The van der Waals surface area contributed by atoms with Gasteiger partial charge >= 0.3 is 5.97 Å². The van der Waals surface area contributed by atoms with E-state index < -0.39 is 11.9 Å². The van der Waals surface area contributed by atoms with Gasteiger partial charge in [0.25, 0.3) is 5.91 Å². The first kappa shape index (κ1) is 14.7. The number of carboxylic acid groups (broad SMARTS) is 1. The number of fused-ring (bicyclic) bond motifs is 1. The van der Waals surface area contributed by atoms with Crippen LogP contribution in [0.3, 0.4) is 0 Å². The van der Waals surface area contributed by atoms with Crippen LogP contribution < -0.4 is 0 Å². The van der Waals surface area contributed by atoms with Crippen LogP contribution in [0.2, 0.25) is 0 Å². The Kier molecular flexibility index (Phi) is 3.63. The number of benzene rings is 1. The normalized spacial score (nSPS) is 28.5. The van der Waals surface area contributed by atoms with Crippen molar-refractivity contribution in [2.45, 2.75) is 62.9 Å². The molecule has 1 heterocycles. The number of rotatable bonds is 3. The van der Waals surface area contributed by atoms with Crippen LogP contribution in [0.5, 0.6) is 0 Å². The molecule has 2 fully saturated rings. The fourth-order valence-electron chi connectivity index (χ4n) is 4.60. The van der Waals surface area contributed by atoms with Gasteiger partial charge in [0.2, 0.25) is 0 Å². The summed E-state index contributed by atoms with van der Waals surface area (Å²) in [6, 6.07) is 7.41. The van der Waals surface area contributed by atoms with Crippen molar-refractivity contribution in [2.75, 3.05) is 0 Å². The van der Waals surface area contributed by atoms with E-state index in [1.165, 1.54) is 6.42 Å². The molecule has 4 heteroatoms. The third-order valence-corrected chi connectivity index (χ3v) is 5.76. The highest BCUT2D eigenvalue weighted by Crippen LogP contribution is 2.45. The van der Waals surface area contributed by atoms with E-state index in [0.717, 1.165) is 44.1 Å². The molecule has 2 unspecified atom stereocenters. The van der Waals surface area contributed by atoms with Gasteiger partial charge in [0.1, 0.15) is 5.92 Å². The lowest BCUT2D eigenvalue weighted by Gasteiger charge is -2.45. The second kappa shape index (κ2) is 5.66. The lowest BCUT2D eigenvalue weighted by atomic mass is 9.72. The molecule has 1 aromatic carbocycles. The van der Waals surface area contributed by atoms with E-state index in [2.05, 4.69) is 0 Å². The number of carbonyl (C=O) groups excluding carboxylic acids is 1. The SMILES string of the molecule is O=C(O)C1c2ccccc2C(=O)N(C2CC2)C1C1CCCCC1. The van der Waals surface area contributed by atoms with Crippen molar-refractivity contribution < 1.29 is 14.7 Å². The summed E-state index contributed by atoms with van der Waals surface area (Å²) >= 11 is 0. The molecule has 0 aromatic heterocycles. The number of hydrogen-bond donors (Lipinski definition) is 1. The second-order valence-corrected chi connectivity index (χ2v) is 7.24. The topological polar surface area (TPSA) is 57.6 Å². The van der Waals surface area contributed by atoms with Gasteiger partial charge in [-0.1, -0.05) is 37.5 Å². The molecule has 0 radical (unpaired) electrons. The minimum absolute atomic E-state index is 0.0520. The smallest absolute Gasteiger partial charge is 0.313 e. The summed E-state index contributed by atoms with van der Waals surface area (Å²) in [6.45, 7) is 0. The van der Waals surface area contributed by atoms with Crippen molar-refractivity contribution in [2.24, 2.45) is 5.92 Å². The lowest BCUT2D eigenvalue weighted by molar-refractivity contribution is -0.141. The standard InChI is InChI=1S/C19H23NO3/c21-18-15-9-5-4-8-14(15)16(19(22)23)17(20(18)13-10-11-13)12-6-2-1-3-7-12/h4-5,8-9,12-13,16-17H,1-3,6-7,10-11H2,(H,22,23). The summed E-state index contributed by atoms with van der Waals surface area (Å²) in [7, 11) is 0. The van der Waals surface area contributed by atoms with Crippen LogP contribution in [0.1, 0.15) is 66.8 Å². The van der Waals surface area contributed by atoms with Crippen molar-refractivity contribution in [3.8, 4) is 0 Å². The average molecular weight is 313 g/mol. The maximum Gasteiger partial charge on any atom is 0.313 e. The van der Waals surface area contributed by atoms with E-state index in [0.29, 0.717) is 11.5 Å². The summed E-state index contributed by atoms with van der Waals surface area (Å²) in [4.78, 5) is 27.1. The molecule has 1 N–H and O–H groups in total. The lowest BCUT2D eigenvalue weighted by Crippen LogP contribution is -2.54. The van der Waals surface area contributed by atoms with Gasteiger partial charge in [-0.3, -0.25) is 9.59 Å². The van der Waals surface area contributed by atoms with Gasteiger partial charge in [0, 0.05) is 11.6 Å². The van der Waals surface area contributed by atoms with Crippen LogP contribution in [-0.4, -0.2) is 34.0 Å².